The van der Waals surface area contributed by atoms with E-state index in [-0.39, 0.29) is 13.1 Å². The van der Waals surface area contributed by atoms with E-state index in [0.29, 0.717) is 12.0 Å². The van der Waals surface area contributed by atoms with Gasteiger partial charge in [0.15, 0.2) is 0 Å². The summed E-state index contributed by atoms with van der Waals surface area (Å²) >= 11 is 0. The van der Waals surface area contributed by atoms with Crippen molar-refractivity contribution in [2.75, 3.05) is 6.54 Å². The highest BCUT2D eigenvalue weighted by Gasteiger charge is 2.37. The molecule has 0 aliphatic heterocycles. The lowest BCUT2D eigenvalue weighted by molar-refractivity contribution is -0.137. The van der Waals surface area contributed by atoms with Gasteiger partial charge in [-0.25, -0.2) is 4.79 Å². The first-order chi connectivity index (χ1) is 14.4. The van der Waals surface area contributed by atoms with Gasteiger partial charge in [-0.05, 0) is 44.4 Å². The van der Waals surface area contributed by atoms with Crippen molar-refractivity contribution in [2.45, 2.75) is 57.6 Å². The van der Waals surface area contributed by atoms with Crippen molar-refractivity contribution < 1.29 is 28.2 Å². The van der Waals surface area contributed by atoms with E-state index in [4.69, 9.17) is 0 Å². The third kappa shape index (κ3) is 7.25. The topological polar surface area (TPSA) is 72.8 Å². The van der Waals surface area contributed by atoms with Crippen LogP contribution in [-0.4, -0.2) is 45.4 Å². The minimum atomic E-state index is -4.43. The van der Waals surface area contributed by atoms with E-state index in [9.17, 15) is 28.2 Å². The van der Waals surface area contributed by atoms with Crippen LogP contribution in [0, 0.1) is 0 Å². The number of aliphatic hydroxyl groups is 1. The second-order valence-electron chi connectivity index (χ2n) is 8.48. The predicted molar refractivity (Wildman–Crippen MR) is 113 cm³/mol. The Kier molecular flexibility index (Phi) is 8.08. The molecule has 1 amide bonds. The number of benzene rings is 2. The van der Waals surface area contributed by atoms with Crippen molar-refractivity contribution in [1.29, 1.82) is 0 Å². The Labute approximate surface area is 180 Å². The molecule has 0 unspecified atom stereocenters. The molecule has 0 bridgehead atoms. The van der Waals surface area contributed by atoms with Gasteiger partial charge >= 0.3 is 12.3 Å². The molecule has 2 rings (SSSR count). The number of rotatable bonds is 8. The zero-order chi connectivity index (χ0) is 23.2. The summed E-state index contributed by atoms with van der Waals surface area (Å²) in [5, 5.41) is 23.6. The number of nitrogens with zero attached hydrogens (tertiary/aromatic N) is 1. The number of hydrogen-bond acceptors (Lipinski definition) is 3. The number of carboxylic acid groups (broad SMARTS) is 1. The molecular formula is C23H29F3N2O3. The van der Waals surface area contributed by atoms with Crippen LogP contribution in [-0.2, 0) is 19.1 Å². The second kappa shape index (κ2) is 10.2. The fraction of sp³-hybridized carbons (Fsp3) is 0.435. The Hall–Kier alpha value is -2.58. The van der Waals surface area contributed by atoms with Gasteiger partial charge in [0.2, 0.25) is 0 Å². The summed E-state index contributed by atoms with van der Waals surface area (Å²) in [6, 6.07) is 13.5. The summed E-state index contributed by atoms with van der Waals surface area (Å²) in [4.78, 5) is 13.2. The Morgan fingerprint density at radius 3 is 2.19 bits per heavy atom. The minimum Gasteiger partial charge on any atom is -0.465 e. The number of nitrogens with one attached hydrogen (secondary N) is 1. The molecule has 0 saturated heterocycles. The highest BCUT2D eigenvalue weighted by Crippen LogP contribution is 2.29. The van der Waals surface area contributed by atoms with Gasteiger partial charge < -0.3 is 15.5 Å². The van der Waals surface area contributed by atoms with Crippen LogP contribution >= 0.6 is 0 Å². The van der Waals surface area contributed by atoms with E-state index in [1.165, 1.54) is 11.0 Å². The molecule has 2 aromatic carbocycles. The monoisotopic (exact) mass is 438 g/mol. The molecule has 0 fully saturated rings. The molecular weight excluding hydrogens is 409 g/mol. The lowest BCUT2D eigenvalue weighted by Crippen LogP contribution is -2.58. The summed E-state index contributed by atoms with van der Waals surface area (Å²) < 4.78 is 38.7. The van der Waals surface area contributed by atoms with Crippen LogP contribution in [0.1, 0.15) is 37.5 Å². The average molecular weight is 438 g/mol. The first-order valence-corrected chi connectivity index (χ1v) is 10.0. The van der Waals surface area contributed by atoms with E-state index in [0.717, 1.165) is 17.7 Å². The van der Waals surface area contributed by atoms with Crippen molar-refractivity contribution in [3.05, 3.63) is 71.3 Å². The largest absolute Gasteiger partial charge is 0.465 e. The molecule has 0 spiro atoms. The van der Waals surface area contributed by atoms with Crippen LogP contribution in [0.5, 0.6) is 0 Å². The molecule has 5 nitrogen and oxygen atoms in total. The van der Waals surface area contributed by atoms with Crippen LogP contribution in [0.15, 0.2) is 54.6 Å². The Balaban J connectivity index is 2.14. The molecule has 0 aliphatic carbocycles. The maximum Gasteiger partial charge on any atom is 0.416 e. The van der Waals surface area contributed by atoms with Crippen molar-refractivity contribution in [3.63, 3.8) is 0 Å². The molecule has 0 heterocycles. The lowest BCUT2D eigenvalue weighted by Gasteiger charge is -2.42. The Morgan fingerprint density at radius 2 is 1.65 bits per heavy atom. The molecule has 0 saturated carbocycles. The Morgan fingerprint density at radius 1 is 1.03 bits per heavy atom. The van der Waals surface area contributed by atoms with Gasteiger partial charge in [-0.1, -0.05) is 48.5 Å². The van der Waals surface area contributed by atoms with Crippen LogP contribution in [0.3, 0.4) is 0 Å². The van der Waals surface area contributed by atoms with Crippen LogP contribution in [0.2, 0.25) is 0 Å². The molecule has 2 aromatic rings. The molecule has 0 aromatic heterocycles. The number of halogens is 3. The highest BCUT2D eigenvalue weighted by atomic mass is 19.4. The van der Waals surface area contributed by atoms with E-state index >= 15 is 0 Å². The molecule has 170 valence electrons. The summed E-state index contributed by atoms with van der Waals surface area (Å²) in [5.74, 6) is 0. The van der Waals surface area contributed by atoms with E-state index < -0.39 is 35.5 Å². The normalized spacial score (nSPS) is 14.2. The van der Waals surface area contributed by atoms with E-state index in [1.54, 1.807) is 26.8 Å². The van der Waals surface area contributed by atoms with Gasteiger partial charge in [0, 0.05) is 18.6 Å². The average Bonchev–Trinajstić information content (AvgIpc) is 2.66. The summed E-state index contributed by atoms with van der Waals surface area (Å²) in [5.41, 5.74) is -0.195. The first-order valence-electron chi connectivity index (χ1n) is 10.0. The number of alkyl halides is 3. The van der Waals surface area contributed by atoms with Crippen molar-refractivity contribution in [2.24, 2.45) is 0 Å². The maximum atomic E-state index is 12.9. The number of aliphatic hydroxyl groups excluding tert-OH is 1. The van der Waals surface area contributed by atoms with Gasteiger partial charge in [0.25, 0.3) is 0 Å². The van der Waals surface area contributed by atoms with Gasteiger partial charge in [-0.15, -0.1) is 0 Å². The number of amides is 1. The van der Waals surface area contributed by atoms with Crippen LogP contribution < -0.4 is 5.32 Å². The van der Waals surface area contributed by atoms with Crippen LogP contribution in [0.25, 0.3) is 0 Å². The van der Waals surface area contributed by atoms with Crippen molar-refractivity contribution in [3.8, 4) is 0 Å². The molecule has 3 N–H and O–H groups in total. The summed E-state index contributed by atoms with van der Waals surface area (Å²) in [7, 11) is 0. The fourth-order valence-corrected chi connectivity index (χ4v) is 3.54. The quantitative estimate of drug-likeness (QED) is 0.566. The zero-order valence-electron chi connectivity index (χ0n) is 17.9. The third-order valence-electron chi connectivity index (χ3n) is 4.93. The Bertz CT molecular complexity index is 851. The van der Waals surface area contributed by atoms with Crippen molar-refractivity contribution >= 4 is 6.09 Å². The number of carbonyl (C=O) groups is 1. The SMILES string of the molecule is CC(C)(C)N(C(=O)O)[C@@H](Cc1ccccc1)[C@H](O)CNCc1cccc(C(F)(F)F)c1. The lowest BCUT2D eigenvalue weighted by atomic mass is 9.94. The zero-order valence-corrected chi connectivity index (χ0v) is 17.9. The molecule has 0 radical (unpaired) electrons. The molecule has 31 heavy (non-hydrogen) atoms. The second-order valence-corrected chi connectivity index (χ2v) is 8.48. The first kappa shape index (κ1) is 24.7. The minimum absolute atomic E-state index is 0.0214. The molecule has 0 aliphatic rings. The van der Waals surface area contributed by atoms with Gasteiger partial charge in [0.05, 0.1) is 17.7 Å². The maximum absolute atomic E-state index is 12.9. The van der Waals surface area contributed by atoms with E-state index in [1.807, 2.05) is 30.3 Å². The van der Waals surface area contributed by atoms with Gasteiger partial charge in [-0.3, -0.25) is 4.90 Å². The fourth-order valence-electron chi connectivity index (χ4n) is 3.54. The molecule has 8 heteroatoms. The highest BCUT2D eigenvalue weighted by molar-refractivity contribution is 5.66. The summed E-state index contributed by atoms with van der Waals surface area (Å²) in [6.07, 6.45) is -6.34. The summed E-state index contributed by atoms with van der Waals surface area (Å²) in [6.45, 7) is 5.39. The van der Waals surface area contributed by atoms with Gasteiger partial charge in [-0.2, -0.15) is 13.2 Å². The smallest absolute Gasteiger partial charge is 0.416 e. The molecule has 2 atom stereocenters. The predicted octanol–water partition coefficient (Wildman–Crippen LogP) is 4.55. The standard InChI is InChI=1S/C23H29F3N2O3/c1-22(2,3)28(21(30)31)19(13-16-8-5-4-6-9-16)20(29)15-27-14-17-10-7-11-18(12-17)23(24,25)26/h4-12,19-20,27,29H,13-15H2,1-3H3,(H,30,31)/t19-,20+/m0/s1. The van der Waals surface area contributed by atoms with Gasteiger partial charge in [0.1, 0.15) is 0 Å². The van der Waals surface area contributed by atoms with E-state index in [2.05, 4.69) is 5.32 Å². The third-order valence-corrected chi connectivity index (χ3v) is 4.93. The number of hydrogen-bond donors (Lipinski definition) is 3. The van der Waals surface area contributed by atoms with Crippen LogP contribution in [0.4, 0.5) is 18.0 Å². The van der Waals surface area contributed by atoms with Crippen molar-refractivity contribution in [1.82, 2.24) is 10.2 Å².